The largest absolute Gasteiger partial charge is 0.490 e. The summed E-state index contributed by atoms with van der Waals surface area (Å²) in [4.78, 5) is 14.3. The highest BCUT2D eigenvalue weighted by Crippen LogP contribution is 2.25. The highest BCUT2D eigenvalue weighted by molar-refractivity contribution is 5.88. The molecule has 0 saturated carbocycles. The molecule has 1 unspecified atom stereocenters. The number of carbonyl (C=O) groups excluding carboxylic acids is 1. The van der Waals surface area contributed by atoms with Gasteiger partial charge in [-0.15, -0.1) is 0 Å². The van der Waals surface area contributed by atoms with Crippen molar-refractivity contribution in [3.63, 3.8) is 0 Å². The molecule has 0 radical (unpaired) electrons. The van der Waals surface area contributed by atoms with Gasteiger partial charge < -0.3 is 20.1 Å². The summed E-state index contributed by atoms with van der Waals surface area (Å²) in [5, 5.41) is 15.6. The van der Waals surface area contributed by atoms with E-state index in [4.69, 9.17) is 4.74 Å². The Labute approximate surface area is 178 Å². The van der Waals surface area contributed by atoms with Crippen molar-refractivity contribution in [3.05, 3.63) is 78.4 Å². The normalized spacial score (nSPS) is 12.0. The van der Waals surface area contributed by atoms with E-state index >= 15 is 0 Å². The summed E-state index contributed by atoms with van der Waals surface area (Å²) in [6.45, 7) is 4.76. The summed E-state index contributed by atoms with van der Waals surface area (Å²) < 4.78 is 5.87. The fourth-order valence-corrected chi connectivity index (χ4v) is 3.38. The number of aliphatic hydroxyl groups excluding tert-OH is 1. The lowest BCUT2D eigenvalue weighted by atomic mass is 10.1. The maximum atomic E-state index is 12.6. The minimum Gasteiger partial charge on any atom is -0.490 e. The SMILES string of the molecule is CC(C)N(CC(O)COc1cccc2ccccc12)C(=O)NCCc1ccccc1. The molecule has 0 bridgehead atoms. The Hall–Kier alpha value is -3.05. The number of urea groups is 1. The van der Waals surface area contributed by atoms with Crippen LogP contribution in [0.15, 0.2) is 72.8 Å². The Morgan fingerprint density at radius 2 is 1.70 bits per heavy atom. The zero-order chi connectivity index (χ0) is 21.3. The van der Waals surface area contributed by atoms with Gasteiger partial charge in [-0.3, -0.25) is 0 Å². The number of carbonyl (C=O) groups is 1. The monoisotopic (exact) mass is 406 g/mol. The van der Waals surface area contributed by atoms with Gasteiger partial charge in [-0.1, -0.05) is 66.7 Å². The van der Waals surface area contributed by atoms with Crippen LogP contribution in [0.3, 0.4) is 0 Å². The summed E-state index contributed by atoms with van der Waals surface area (Å²) in [6.07, 6.45) is -0.0168. The van der Waals surface area contributed by atoms with Gasteiger partial charge in [0.15, 0.2) is 0 Å². The maximum absolute atomic E-state index is 12.6. The molecule has 0 aromatic heterocycles. The summed E-state index contributed by atoms with van der Waals surface area (Å²) in [5.41, 5.74) is 1.18. The summed E-state index contributed by atoms with van der Waals surface area (Å²) in [5.74, 6) is 0.732. The van der Waals surface area contributed by atoms with Crippen molar-refractivity contribution in [2.75, 3.05) is 19.7 Å². The molecule has 0 aliphatic heterocycles. The lowest BCUT2D eigenvalue weighted by Gasteiger charge is -2.29. The number of rotatable bonds is 9. The molecule has 5 heteroatoms. The third kappa shape index (κ3) is 5.97. The molecule has 30 heavy (non-hydrogen) atoms. The van der Waals surface area contributed by atoms with Crippen molar-refractivity contribution in [2.24, 2.45) is 0 Å². The van der Waals surface area contributed by atoms with Crippen molar-refractivity contribution in [3.8, 4) is 5.75 Å². The smallest absolute Gasteiger partial charge is 0.317 e. The molecular weight excluding hydrogens is 376 g/mol. The van der Waals surface area contributed by atoms with E-state index in [0.717, 1.165) is 22.9 Å². The highest BCUT2D eigenvalue weighted by atomic mass is 16.5. The van der Waals surface area contributed by atoms with E-state index in [9.17, 15) is 9.90 Å². The van der Waals surface area contributed by atoms with Crippen molar-refractivity contribution in [2.45, 2.75) is 32.4 Å². The number of aliphatic hydroxyl groups is 1. The number of nitrogens with zero attached hydrogens (tertiary/aromatic N) is 1. The van der Waals surface area contributed by atoms with Gasteiger partial charge in [-0.25, -0.2) is 4.79 Å². The predicted octanol–water partition coefficient (Wildman–Crippen LogP) is 4.24. The van der Waals surface area contributed by atoms with E-state index < -0.39 is 6.10 Å². The molecule has 0 spiro atoms. The van der Waals surface area contributed by atoms with E-state index in [-0.39, 0.29) is 25.2 Å². The van der Waals surface area contributed by atoms with E-state index in [1.54, 1.807) is 4.90 Å². The average molecular weight is 407 g/mol. The number of amides is 2. The molecule has 2 amide bonds. The van der Waals surface area contributed by atoms with E-state index in [2.05, 4.69) is 5.32 Å². The van der Waals surface area contributed by atoms with E-state index in [1.807, 2.05) is 86.6 Å². The van der Waals surface area contributed by atoms with Crippen LogP contribution in [0.25, 0.3) is 10.8 Å². The van der Waals surface area contributed by atoms with Gasteiger partial charge in [0.2, 0.25) is 0 Å². The van der Waals surface area contributed by atoms with Gasteiger partial charge in [-0.05, 0) is 37.3 Å². The van der Waals surface area contributed by atoms with Gasteiger partial charge in [0.25, 0.3) is 0 Å². The molecular formula is C25H30N2O3. The molecule has 3 aromatic rings. The first-order valence-corrected chi connectivity index (χ1v) is 10.4. The molecule has 0 aliphatic rings. The Balaban J connectivity index is 1.51. The predicted molar refractivity (Wildman–Crippen MR) is 121 cm³/mol. The van der Waals surface area contributed by atoms with Crippen LogP contribution in [0, 0.1) is 0 Å². The van der Waals surface area contributed by atoms with Gasteiger partial charge >= 0.3 is 6.03 Å². The summed E-state index contributed by atoms with van der Waals surface area (Å²) in [6, 6.07) is 23.7. The number of nitrogens with one attached hydrogen (secondary N) is 1. The topological polar surface area (TPSA) is 61.8 Å². The molecule has 5 nitrogen and oxygen atoms in total. The molecule has 0 aliphatic carbocycles. The zero-order valence-electron chi connectivity index (χ0n) is 17.6. The number of hydrogen-bond donors (Lipinski definition) is 2. The summed E-state index contributed by atoms with van der Waals surface area (Å²) >= 11 is 0. The Bertz CT molecular complexity index is 938. The van der Waals surface area contributed by atoms with E-state index in [0.29, 0.717) is 6.54 Å². The van der Waals surface area contributed by atoms with Crippen LogP contribution in [0.5, 0.6) is 5.75 Å². The second-order valence-electron chi connectivity index (χ2n) is 7.66. The fourth-order valence-electron chi connectivity index (χ4n) is 3.38. The number of ether oxygens (including phenoxy) is 1. The first-order chi connectivity index (χ1) is 14.5. The molecule has 0 fully saturated rings. The average Bonchev–Trinajstić information content (AvgIpc) is 2.76. The number of benzene rings is 3. The van der Waals surface area contributed by atoms with Crippen LogP contribution in [-0.2, 0) is 6.42 Å². The van der Waals surface area contributed by atoms with Gasteiger partial charge in [0.05, 0.1) is 6.54 Å². The third-order valence-corrected chi connectivity index (χ3v) is 5.01. The molecule has 3 aromatic carbocycles. The molecule has 3 rings (SSSR count). The minimum atomic E-state index is -0.786. The van der Waals surface area contributed by atoms with Crippen LogP contribution in [-0.4, -0.2) is 47.9 Å². The lowest BCUT2D eigenvalue weighted by Crippen LogP contribution is -2.48. The molecule has 0 heterocycles. The minimum absolute atomic E-state index is 0.0334. The van der Waals surface area contributed by atoms with Crippen LogP contribution in [0.2, 0.25) is 0 Å². The second-order valence-corrected chi connectivity index (χ2v) is 7.66. The van der Waals surface area contributed by atoms with Gasteiger partial charge in [0, 0.05) is 18.0 Å². The number of fused-ring (bicyclic) bond motifs is 1. The molecule has 1 atom stereocenters. The highest BCUT2D eigenvalue weighted by Gasteiger charge is 2.20. The molecule has 0 saturated heterocycles. The Kier molecular flexibility index (Phi) is 7.69. The molecule has 2 N–H and O–H groups in total. The van der Waals surface area contributed by atoms with Gasteiger partial charge in [-0.2, -0.15) is 0 Å². The maximum Gasteiger partial charge on any atom is 0.317 e. The number of hydrogen-bond acceptors (Lipinski definition) is 3. The Morgan fingerprint density at radius 1 is 1.00 bits per heavy atom. The van der Waals surface area contributed by atoms with Crippen LogP contribution in [0.1, 0.15) is 19.4 Å². The van der Waals surface area contributed by atoms with E-state index in [1.165, 1.54) is 5.56 Å². The Morgan fingerprint density at radius 3 is 2.47 bits per heavy atom. The van der Waals surface area contributed by atoms with Crippen LogP contribution >= 0.6 is 0 Å². The summed E-state index contributed by atoms with van der Waals surface area (Å²) in [7, 11) is 0. The third-order valence-electron chi connectivity index (χ3n) is 5.01. The first kappa shape index (κ1) is 21.7. The zero-order valence-corrected chi connectivity index (χ0v) is 17.6. The van der Waals surface area contributed by atoms with Crippen molar-refractivity contribution >= 4 is 16.8 Å². The lowest BCUT2D eigenvalue weighted by molar-refractivity contribution is 0.0695. The second kappa shape index (κ2) is 10.6. The van der Waals surface area contributed by atoms with Gasteiger partial charge in [0.1, 0.15) is 18.5 Å². The molecule has 158 valence electrons. The quantitative estimate of drug-likeness (QED) is 0.559. The standard InChI is InChI=1S/C25H30N2O3/c1-19(2)27(25(29)26-16-15-20-9-4-3-5-10-20)17-22(28)18-30-24-14-8-12-21-11-6-7-13-23(21)24/h3-14,19,22,28H,15-18H2,1-2H3,(H,26,29). The first-order valence-electron chi connectivity index (χ1n) is 10.4. The van der Waals surface area contributed by atoms with Crippen LogP contribution < -0.4 is 10.1 Å². The van der Waals surface area contributed by atoms with Crippen molar-refractivity contribution in [1.82, 2.24) is 10.2 Å². The van der Waals surface area contributed by atoms with Crippen molar-refractivity contribution in [1.29, 1.82) is 0 Å². The fraction of sp³-hybridized carbons (Fsp3) is 0.320. The van der Waals surface area contributed by atoms with Crippen molar-refractivity contribution < 1.29 is 14.6 Å². The van der Waals surface area contributed by atoms with Crippen LogP contribution in [0.4, 0.5) is 4.79 Å².